The van der Waals surface area contributed by atoms with E-state index in [-0.39, 0.29) is 28.7 Å². The van der Waals surface area contributed by atoms with Gasteiger partial charge in [0.05, 0.1) is 10.6 Å². The lowest BCUT2D eigenvalue weighted by Crippen LogP contribution is -2.05. The lowest BCUT2D eigenvalue weighted by atomic mass is 10.1. The van der Waals surface area contributed by atoms with Gasteiger partial charge in [0.25, 0.3) is 5.69 Å². The van der Waals surface area contributed by atoms with Crippen LogP contribution in [-0.2, 0) is 0 Å². The summed E-state index contributed by atoms with van der Waals surface area (Å²) in [5, 5.41) is 19.8. The molecule has 100 valence electrons. The van der Waals surface area contributed by atoms with Crippen molar-refractivity contribution in [1.29, 1.82) is 5.26 Å². The van der Waals surface area contributed by atoms with Crippen LogP contribution in [0.5, 0.6) is 0 Å². The molecule has 0 saturated heterocycles. The summed E-state index contributed by atoms with van der Waals surface area (Å²) in [6.45, 7) is 0. The Labute approximate surface area is 126 Å². The standard InChI is InChI=1S/C11H7IN6O2/c12-8-3-5(18(19)20)1-2-6(8)9-7(4-13)10(14)17-11(15)16-9/h1-3H,(H4,14,15,16,17). The molecule has 0 aliphatic carbocycles. The number of halogens is 1. The lowest BCUT2D eigenvalue weighted by molar-refractivity contribution is -0.384. The molecule has 0 radical (unpaired) electrons. The highest BCUT2D eigenvalue weighted by molar-refractivity contribution is 14.1. The Morgan fingerprint density at radius 1 is 1.35 bits per heavy atom. The van der Waals surface area contributed by atoms with Gasteiger partial charge in [-0.25, -0.2) is 4.98 Å². The maximum absolute atomic E-state index is 10.7. The molecule has 0 atom stereocenters. The first kappa shape index (κ1) is 13.9. The summed E-state index contributed by atoms with van der Waals surface area (Å²) in [4.78, 5) is 17.9. The van der Waals surface area contributed by atoms with E-state index in [1.54, 1.807) is 0 Å². The molecule has 1 heterocycles. The molecule has 1 aromatic carbocycles. The van der Waals surface area contributed by atoms with Gasteiger partial charge in [-0.3, -0.25) is 10.1 Å². The second-order valence-corrected chi connectivity index (χ2v) is 4.89. The third-order valence-corrected chi connectivity index (χ3v) is 3.38. The molecule has 0 aliphatic heterocycles. The third kappa shape index (κ3) is 2.45. The first-order valence-corrected chi connectivity index (χ1v) is 6.29. The van der Waals surface area contributed by atoms with Gasteiger partial charge in [0.2, 0.25) is 5.95 Å². The van der Waals surface area contributed by atoms with Gasteiger partial charge < -0.3 is 11.5 Å². The zero-order valence-corrected chi connectivity index (χ0v) is 12.0. The SMILES string of the molecule is N#Cc1c(N)nc(N)nc1-c1ccc([N+](=O)[O-])cc1I. The largest absolute Gasteiger partial charge is 0.382 e. The molecule has 0 aliphatic rings. The summed E-state index contributed by atoms with van der Waals surface area (Å²) in [6, 6.07) is 6.12. The summed E-state index contributed by atoms with van der Waals surface area (Å²) in [5.41, 5.74) is 12.0. The zero-order valence-electron chi connectivity index (χ0n) is 9.87. The van der Waals surface area contributed by atoms with Gasteiger partial charge in [-0.1, -0.05) is 0 Å². The number of nitro benzene ring substituents is 1. The number of anilines is 2. The maximum atomic E-state index is 10.7. The molecule has 2 aromatic rings. The number of rotatable bonds is 2. The molecule has 0 bridgehead atoms. The first-order valence-electron chi connectivity index (χ1n) is 5.21. The van der Waals surface area contributed by atoms with E-state index in [4.69, 9.17) is 16.7 Å². The molecule has 4 N–H and O–H groups in total. The molecule has 1 aromatic heterocycles. The third-order valence-electron chi connectivity index (χ3n) is 2.48. The minimum Gasteiger partial charge on any atom is -0.382 e. The second-order valence-electron chi connectivity index (χ2n) is 3.72. The average Bonchev–Trinajstić information content (AvgIpc) is 2.37. The van der Waals surface area contributed by atoms with Crippen molar-refractivity contribution >= 4 is 40.0 Å². The summed E-state index contributed by atoms with van der Waals surface area (Å²) in [6.07, 6.45) is 0. The molecule has 0 spiro atoms. The van der Waals surface area contributed by atoms with Gasteiger partial charge in [0.1, 0.15) is 17.5 Å². The molecule has 0 unspecified atom stereocenters. The van der Waals surface area contributed by atoms with Crippen LogP contribution in [0.4, 0.5) is 17.5 Å². The van der Waals surface area contributed by atoms with Crippen LogP contribution in [0.25, 0.3) is 11.3 Å². The van der Waals surface area contributed by atoms with E-state index in [0.29, 0.717) is 9.13 Å². The van der Waals surface area contributed by atoms with Crippen molar-refractivity contribution in [3.63, 3.8) is 0 Å². The quantitative estimate of drug-likeness (QED) is 0.457. The number of non-ortho nitro benzene ring substituents is 1. The number of hydrogen-bond acceptors (Lipinski definition) is 7. The highest BCUT2D eigenvalue weighted by Gasteiger charge is 2.17. The second kappa shape index (κ2) is 5.25. The Hall–Kier alpha value is -2.48. The van der Waals surface area contributed by atoms with Crippen LogP contribution in [-0.4, -0.2) is 14.9 Å². The van der Waals surface area contributed by atoms with Crippen LogP contribution in [0, 0.1) is 25.0 Å². The number of aromatic nitrogens is 2. The van der Waals surface area contributed by atoms with Gasteiger partial charge in [-0.15, -0.1) is 0 Å². The predicted octanol–water partition coefficient (Wildman–Crippen LogP) is 1.69. The summed E-state index contributed by atoms with van der Waals surface area (Å²) >= 11 is 1.92. The normalized spacial score (nSPS) is 10.0. The van der Waals surface area contributed by atoms with Crippen molar-refractivity contribution in [3.05, 3.63) is 37.4 Å². The molecule has 9 heteroatoms. The number of nitrogen functional groups attached to an aromatic ring is 2. The lowest BCUT2D eigenvalue weighted by Gasteiger charge is -2.08. The highest BCUT2D eigenvalue weighted by Crippen LogP contribution is 2.31. The Kier molecular flexibility index (Phi) is 3.66. The maximum Gasteiger partial charge on any atom is 0.270 e. The van der Waals surface area contributed by atoms with Gasteiger partial charge in [0, 0.05) is 21.3 Å². The van der Waals surface area contributed by atoms with Crippen LogP contribution < -0.4 is 11.5 Å². The number of nitro groups is 1. The van der Waals surface area contributed by atoms with E-state index in [1.807, 2.05) is 28.7 Å². The van der Waals surface area contributed by atoms with Gasteiger partial charge in [-0.05, 0) is 28.7 Å². The monoisotopic (exact) mass is 382 g/mol. The fourth-order valence-corrected chi connectivity index (χ4v) is 2.37. The number of nitriles is 1. The molecule has 0 saturated carbocycles. The van der Waals surface area contributed by atoms with E-state index in [2.05, 4.69) is 9.97 Å². The van der Waals surface area contributed by atoms with E-state index in [0.717, 1.165) is 0 Å². The number of hydrogen-bond donors (Lipinski definition) is 2. The minimum absolute atomic E-state index is 0.0239. The van der Waals surface area contributed by atoms with Crippen LogP contribution >= 0.6 is 22.6 Å². The summed E-state index contributed by atoms with van der Waals surface area (Å²) in [7, 11) is 0. The van der Waals surface area contributed by atoms with Crippen LogP contribution in [0.3, 0.4) is 0 Å². The Balaban J connectivity index is 2.69. The number of benzene rings is 1. The van der Waals surface area contributed by atoms with E-state index in [1.165, 1.54) is 18.2 Å². The molecule has 0 amide bonds. The van der Waals surface area contributed by atoms with Crippen molar-refractivity contribution in [2.75, 3.05) is 11.5 Å². The van der Waals surface area contributed by atoms with E-state index >= 15 is 0 Å². The number of nitrogens with two attached hydrogens (primary N) is 2. The summed E-state index contributed by atoms with van der Waals surface area (Å²) < 4.78 is 0.561. The molecule has 2 rings (SSSR count). The zero-order chi connectivity index (χ0) is 14.9. The van der Waals surface area contributed by atoms with Crippen molar-refractivity contribution in [2.24, 2.45) is 0 Å². The van der Waals surface area contributed by atoms with Crippen LogP contribution in [0.2, 0.25) is 0 Å². The Bertz CT molecular complexity index is 755. The highest BCUT2D eigenvalue weighted by atomic mass is 127. The fourth-order valence-electron chi connectivity index (χ4n) is 1.61. The molecular formula is C11H7IN6O2. The minimum atomic E-state index is -0.500. The van der Waals surface area contributed by atoms with Crippen molar-refractivity contribution in [3.8, 4) is 17.3 Å². The summed E-state index contributed by atoms with van der Waals surface area (Å²) in [5.74, 6) is -0.0881. The average molecular weight is 382 g/mol. The predicted molar refractivity (Wildman–Crippen MR) is 80.4 cm³/mol. The molecule has 0 fully saturated rings. The van der Waals surface area contributed by atoms with Gasteiger partial charge in [0.15, 0.2) is 0 Å². The van der Waals surface area contributed by atoms with Crippen LogP contribution in [0.15, 0.2) is 18.2 Å². The topological polar surface area (TPSA) is 145 Å². The Morgan fingerprint density at radius 3 is 2.60 bits per heavy atom. The number of nitrogens with zero attached hydrogens (tertiary/aromatic N) is 4. The molecule has 20 heavy (non-hydrogen) atoms. The van der Waals surface area contributed by atoms with Crippen molar-refractivity contribution < 1.29 is 4.92 Å². The first-order chi connectivity index (χ1) is 9.43. The molecule has 8 nitrogen and oxygen atoms in total. The van der Waals surface area contributed by atoms with E-state index in [9.17, 15) is 10.1 Å². The smallest absolute Gasteiger partial charge is 0.270 e. The van der Waals surface area contributed by atoms with Crippen molar-refractivity contribution in [2.45, 2.75) is 0 Å². The molecular weight excluding hydrogens is 375 g/mol. The van der Waals surface area contributed by atoms with Crippen molar-refractivity contribution in [1.82, 2.24) is 9.97 Å². The van der Waals surface area contributed by atoms with Crippen LogP contribution in [0.1, 0.15) is 5.56 Å². The van der Waals surface area contributed by atoms with E-state index < -0.39 is 4.92 Å². The Morgan fingerprint density at radius 2 is 2.05 bits per heavy atom. The van der Waals surface area contributed by atoms with Gasteiger partial charge in [-0.2, -0.15) is 10.2 Å². The fraction of sp³-hybridized carbons (Fsp3) is 0. The van der Waals surface area contributed by atoms with Gasteiger partial charge >= 0.3 is 0 Å².